The first-order valence-corrected chi connectivity index (χ1v) is 20.2. The Morgan fingerprint density at radius 3 is 2.10 bits per heavy atom. The third-order valence-electron chi connectivity index (χ3n) is 12.7. The molecule has 0 amide bonds. The molecule has 0 spiro atoms. The summed E-state index contributed by atoms with van der Waals surface area (Å²) in [7, 11) is 0. The van der Waals surface area contributed by atoms with Crippen LogP contribution >= 0.6 is 0 Å². The molecule has 2 aliphatic carbocycles. The molecular formula is C56H37N3. The van der Waals surface area contributed by atoms with Crippen molar-refractivity contribution in [2.24, 2.45) is 0 Å². The predicted molar refractivity (Wildman–Crippen MR) is 246 cm³/mol. The molecule has 0 saturated heterocycles. The Hall–Kier alpha value is -7.62. The van der Waals surface area contributed by atoms with Gasteiger partial charge < -0.3 is 4.57 Å². The van der Waals surface area contributed by atoms with Crippen LogP contribution in [0.3, 0.4) is 0 Å². The van der Waals surface area contributed by atoms with Gasteiger partial charge in [0.15, 0.2) is 5.82 Å². The van der Waals surface area contributed by atoms with E-state index in [9.17, 15) is 0 Å². The molecule has 2 aromatic heterocycles. The van der Waals surface area contributed by atoms with Crippen LogP contribution in [0.4, 0.5) is 0 Å². The number of nitrogens with zero attached hydrogens (tertiary/aromatic N) is 3. The molecular weight excluding hydrogens is 715 g/mol. The van der Waals surface area contributed by atoms with Gasteiger partial charge in [-0.1, -0.05) is 171 Å². The van der Waals surface area contributed by atoms with Crippen molar-refractivity contribution in [2.75, 3.05) is 0 Å². The van der Waals surface area contributed by atoms with Crippen molar-refractivity contribution in [1.29, 1.82) is 0 Å². The van der Waals surface area contributed by atoms with E-state index in [1.54, 1.807) is 6.08 Å². The summed E-state index contributed by atoms with van der Waals surface area (Å²) >= 11 is 0. The van der Waals surface area contributed by atoms with Crippen LogP contribution < -0.4 is 0 Å². The lowest BCUT2D eigenvalue weighted by Crippen LogP contribution is -2.30. The number of fused-ring (bicyclic) bond motifs is 5. The summed E-state index contributed by atoms with van der Waals surface area (Å²) in [6.07, 6.45) is 3.78. The second-order valence-corrected chi connectivity index (χ2v) is 15.8. The topological polar surface area (TPSA) is 30.7 Å². The van der Waals surface area contributed by atoms with E-state index >= 15 is 0 Å². The van der Waals surface area contributed by atoms with Gasteiger partial charge in [0, 0.05) is 32.9 Å². The van der Waals surface area contributed by atoms with Crippen LogP contribution in [-0.4, -0.2) is 14.5 Å². The summed E-state index contributed by atoms with van der Waals surface area (Å²) < 4.78 is 2.52. The number of rotatable bonds is 7. The van der Waals surface area contributed by atoms with Crippen LogP contribution in [0.25, 0.3) is 88.4 Å². The fourth-order valence-corrected chi connectivity index (χ4v) is 10.5. The molecule has 276 valence electrons. The second kappa shape index (κ2) is 12.4. The summed E-state index contributed by atoms with van der Waals surface area (Å²) in [4.78, 5) is 10.3. The van der Waals surface area contributed by atoms with Gasteiger partial charge in [-0.15, -0.1) is 0 Å². The first-order chi connectivity index (χ1) is 29.1. The Kier molecular flexibility index (Phi) is 7.07. The van der Waals surface area contributed by atoms with Gasteiger partial charge in [0.25, 0.3) is 0 Å². The highest BCUT2D eigenvalue weighted by atomic mass is 15.0. The minimum atomic E-state index is -0.449. The molecule has 0 fully saturated rings. The van der Waals surface area contributed by atoms with Gasteiger partial charge in [0.2, 0.25) is 0 Å². The molecule has 59 heavy (non-hydrogen) atoms. The van der Waals surface area contributed by atoms with E-state index < -0.39 is 5.41 Å². The molecule has 3 nitrogen and oxygen atoms in total. The molecule has 0 saturated carbocycles. The average molecular weight is 752 g/mol. The van der Waals surface area contributed by atoms with Gasteiger partial charge in [0.1, 0.15) is 0 Å². The Bertz CT molecular complexity index is 3480. The molecule has 1 unspecified atom stereocenters. The number of benzene rings is 8. The highest BCUT2D eigenvalue weighted by Crippen LogP contribution is 2.63. The number of aromatic nitrogens is 3. The maximum Gasteiger partial charge on any atom is 0.160 e. The van der Waals surface area contributed by atoms with Crippen molar-refractivity contribution in [1.82, 2.24) is 14.5 Å². The summed E-state index contributed by atoms with van der Waals surface area (Å²) in [5, 5.41) is 7.53. The first-order valence-electron chi connectivity index (χ1n) is 20.2. The fourth-order valence-electron chi connectivity index (χ4n) is 10.5. The quantitative estimate of drug-likeness (QED) is 0.152. The largest absolute Gasteiger partial charge is 0.309 e. The zero-order valence-electron chi connectivity index (χ0n) is 32.6. The Labute approximate surface area is 342 Å². The lowest BCUT2D eigenvalue weighted by molar-refractivity contribution is 0.782. The molecule has 0 aliphatic heterocycles. The molecule has 12 rings (SSSR count). The van der Waals surface area contributed by atoms with Crippen LogP contribution in [-0.2, 0) is 5.41 Å². The van der Waals surface area contributed by atoms with Crippen LogP contribution in [0.1, 0.15) is 34.9 Å². The lowest BCUT2D eigenvalue weighted by Gasteiger charge is -2.37. The maximum absolute atomic E-state index is 5.25. The van der Waals surface area contributed by atoms with Crippen LogP contribution in [0, 0.1) is 0 Å². The SMILES string of the molecule is C=C/C=C(\C(=C)C)c1cc(-c2ccc(-n3c4ccc5c6c4c4c7c(cccc7ccc43)C6(c3ccccc3)c3ccccc3-5)c3ccccc23)nc(-c2ccccc2)n1. The van der Waals surface area contributed by atoms with Crippen molar-refractivity contribution in [3.63, 3.8) is 0 Å². The summed E-state index contributed by atoms with van der Waals surface area (Å²) in [6.45, 7) is 10.3. The molecule has 2 aliphatic rings. The number of allylic oxidation sites excluding steroid dienone is 4. The smallest absolute Gasteiger partial charge is 0.160 e. The predicted octanol–water partition coefficient (Wildman–Crippen LogP) is 14.0. The maximum atomic E-state index is 5.25. The van der Waals surface area contributed by atoms with E-state index in [1.165, 1.54) is 66.0 Å². The monoisotopic (exact) mass is 751 g/mol. The van der Waals surface area contributed by atoms with Crippen molar-refractivity contribution < 1.29 is 0 Å². The van der Waals surface area contributed by atoms with Gasteiger partial charge in [-0.25, -0.2) is 9.97 Å². The van der Waals surface area contributed by atoms with E-state index in [4.69, 9.17) is 9.97 Å². The summed E-state index contributed by atoms with van der Waals surface area (Å²) in [6, 6.07) is 62.1. The van der Waals surface area contributed by atoms with Gasteiger partial charge in [-0.2, -0.15) is 0 Å². The third kappa shape index (κ3) is 4.47. The number of hydrogen-bond acceptors (Lipinski definition) is 2. The third-order valence-corrected chi connectivity index (χ3v) is 12.7. The van der Waals surface area contributed by atoms with E-state index in [1.807, 2.05) is 31.2 Å². The van der Waals surface area contributed by atoms with E-state index in [0.29, 0.717) is 5.82 Å². The minimum absolute atomic E-state index is 0.449. The van der Waals surface area contributed by atoms with E-state index in [-0.39, 0.29) is 0 Å². The van der Waals surface area contributed by atoms with Gasteiger partial charge >= 0.3 is 0 Å². The fraction of sp³-hybridized carbons (Fsp3) is 0.0357. The minimum Gasteiger partial charge on any atom is -0.309 e. The lowest BCUT2D eigenvalue weighted by atomic mass is 9.63. The Morgan fingerprint density at radius 1 is 0.593 bits per heavy atom. The standard InChI is InChI=1S/C56H37N3/c1-4-16-38(34(2)3)46-33-47(58-55(57-46)36-17-7-5-8-18-36)41-28-31-48(42-24-12-11-22-39(41)42)59-49-30-27-35-19-15-26-45-51(35)52(49)53-50(59)32-29-43-40-23-13-14-25-44(40)56(45,54(43)53)37-20-9-6-10-21-37/h4-33H,1-2H2,3H3/b38-16+. The van der Waals surface area contributed by atoms with Crippen molar-refractivity contribution in [2.45, 2.75) is 12.3 Å². The molecule has 1 atom stereocenters. The second-order valence-electron chi connectivity index (χ2n) is 15.8. The van der Waals surface area contributed by atoms with Gasteiger partial charge in [-0.05, 0) is 86.3 Å². The molecule has 2 heterocycles. The van der Waals surface area contributed by atoms with E-state index in [2.05, 4.69) is 169 Å². The normalized spacial score (nSPS) is 15.2. The molecule has 0 bridgehead atoms. The zero-order chi connectivity index (χ0) is 39.4. The molecule has 0 N–H and O–H groups in total. The first kappa shape index (κ1) is 33.5. The van der Waals surface area contributed by atoms with Crippen molar-refractivity contribution in [3.05, 3.63) is 229 Å². The molecule has 0 radical (unpaired) electrons. The van der Waals surface area contributed by atoms with Gasteiger partial charge in [-0.3, -0.25) is 0 Å². The highest BCUT2D eigenvalue weighted by molar-refractivity contribution is 6.28. The van der Waals surface area contributed by atoms with Crippen LogP contribution in [0.15, 0.2) is 201 Å². The average Bonchev–Trinajstić information content (AvgIpc) is 3.79. The van der Waals surface area contributed by atoms with Crippen LogP contribution in [0.2, 0.25) is 0 Å². The molecule has 8 aromatic carbocycles. The van der Waals surface area contributed by atoms with Crippen LogP contribution in [0.5, 0.6) is 0 Å². The van der Waals surface area contributed by atoms with Crippen molar-refractivity contribution >= 4 is 48.9 Å². The van der Waals surface area contributed by atoms with E-state index in [0.717, 1.165) is 50.1 Å². The molecule has 10 aromatic rings. The molecule has 3 heteroatoms. The Morgan fingerprint density at radius 2 is 1.29 bits per heavy atom. The van der Waals surface area contributed by atoms with Crippen molar-refractivity contribution in [3.8, 4) is 39.5 Å². The number of hydrogen-bond donors (Lipinski definition) is 0. The highest BCUT2D eigenvalue weighted by Gasteiger charge is 2.50. The zero-order valence-corrected chi connectivity index (χ0v) is 32.6. The Balaban J connectivity index is 1.17. The summed E-state index contributed by atoms with van der Waals surface area (Å²) in [5.74, 6) is 0.669. The summed E-state index contributed by atoms with van der Waals surface area (Å²) in [5.41, 5.74) is 16.6. The van der Waals surface area contributed by atoms with Gasteiger partial charge in [0.05, 0.1) is 33.5 Å².